The normalized spacial score (nSPS) is 14.1. The minimum Gasteiger partial charge on any atom is -0.484 e. The number of likely N-dealkylation sites (tertiary alicyclic amines) is 1. The van der Waals surface area contributed by atoms with Crippen molar-refractivity contribution in [2.24, 2.45) is 5.10 Å². The Morgan fingerprint density at radius 1 is 1.10 bits per heavy atom. The van der Waals surface area contributed by atoms with Gasteiger partial charge in [-0.15, -0.1) is 5.10 Å². The molecule has 9 heteroatoms. The highest BCUT2D eigenvalue weighted by Gasteiger charge is 2.18. The van der Waals surface area contributed by atoms with E-state index in [0.717, 1.165) is 42.5 Å². The molecule has 2 aromatic carbocycles. The molecule has 0 spiro atoms. The Labute approximate surface area is 179 Å². The number of ether oxygens (including phenoxy) is 1. The van der Waals surface area contributed by atoms with Crippen LogP contribution in [0.3, 0.4) is 0 Å². The summed E-state index contributed by atoms with van der Waals surface area (Å²) in [7, 11) is 0. The maximum atomic E-state index is 12.2. The fraction of sp³-hybridized carbons (Fsp3) is 0.318. The molecule has 1 aromatic heterocycles. The predicted molar refractivity (Wildman–Crippen MR) is 116 cm³/mol. The predicted octanol–water partition coefficient (Wildman–Crippen LogP) is 1.97. The van der Waals surface area contributed by atoms with Crippen LogP contribution >= 0.6 is 0 Å². The third-order valence-corrected chi connectivity index (χ3v) is 5.16. The lowest BCUT2D eigenvalue weighted by molar-refractivity contribution is -0.132. The first-order chi connectivity index (χ1) is 15.1. The van der Waals surface area contributed by atoms with Crippen LogP contribution in [0.25, 0.3) is 11.0 Å². The van der Waals surface area contributed by atoms with Gasteiger partial charge in [0.25, 0.3) is 11.8 Å². The second-order valence-corrected chi connectivity index (χ2v) is 7.37. The number of hydrazone groups is 1. The maximum absolute atomic E-state index is 12.2. The zero-order chi connectivity index (χ0) is 21.6. The molecule has 0 radical (unpaired) electrons. The Kier molecular flexibility index (Phi) is 6.21. The number of amides is 2. The molecule has 0 bridgehead atoms. The summed E-state index contributed by atoms with van der Waals surface area (Å²) in [6.07, 6.45) is 2.12. The van der Waals surface area contributed by atoms with E-state index in [0.29, 0.717) is 11.5 Å². The van der Waals surface area contributed by atoms with Gasteiger partial charge in [0.05, 0.1) is 11.2 Å². The van der Waals surface area contributed by atoms with Gasteiger partial charge in [-0.3, -0.25) is 9.59 Å². The van der Waals surface area contributed by atoms with Crippen molar-refractivity contribution >= 4 is 28.6 Å². The maximum Gasteiger partial charge on any atom is 0.261 e. The molecule has 1 aliphatic heterocycles. The van der Waals surface area contributed by atoms with Crippen molar-refractivity contribution in [2.45, 2.75) is 26.3 Å². The summed E-state index contributed by atoms with van der Waals surface area (Å²) in [5, 5.41) is 12.2. The van der Waals surface area contributed by atoms with Crippen molar-refractivity contribution in [2.75, 3.05) is 19.7 Å². The lowest BCUT2D eigenvalue weighted by Gasteiger charge is -2.15. The molecule has 4 rings (SSSR count). The highest BCUT2D eigenvalue weighted by atomic mass is 16.5. The summed E-state index contributed by atoms with van der Waals surface area (Å²) in [4.78, 5) is 26.1. The van der Waals surface area contributed by atoms with E-state index in [-0.39, 0.29) is 25.0 Å². The number of hydrogen-bond donors (Lipinski definition) is 1. The molecule has 0 aliphatic carbocycles. The number of benzene rings is 2. The van der Waals surface area contributed by atoms with Crippen LogP contribution in [0.4, 0.5) is 0 Å². The topological polar surface area (TPSA) is 102 Å². The monoisotopic (exact) mass is 420 g/mol. The van der Waals surface area contributed by atoms with E-state index in [2.05, 4.69) is 20.8 Å². The van der Waals surface area contributed by atoms with Gasteiger partial charge in [0.1, 0.15) is 17.8 Å². The molecular formula is C22H24N6O3. The Bertz CT molecular complexity index is 1100. The molecule has 1 saturated heterocycles. The number of carbonyl (C=O) groups excluding carboxylic acids is 2. The van der Waals surface area contributed by atoms with Crippen molar-refractivity contribution < 1.29 is 14.3 Å². The highest BCUT2D eigenvalue weighted by Crippen LogP contribution is 2.14. The molecule has 0 unspecified atom stereocenters. The average molecular weight is 420 g/mol. The number of hydrogen-bond acceptors (Lipinski definition) is 6. The Balaban J connectivity index is 1.29. The number of carbonyl (C=O) groups is 2. The standard InChI is InChI=1S/C22H24N6O3/c1-16(23-25-21(29)14-28-20-7-3-2-6-19(20)24-26-28)17-8-10-18(11-9-17)31-15-22(30)27-12-4-5-13-27/h2-3,6-11H,4-5,12-15H2,1H3,(H,25,29)/b23-16-. The lowest BCUT2D eigenvalue weighted by Crippen LogP contribution is -2.32. The van der Waals surface area contributed by atoms with Crippen LogP contribution in [0.1, 0.15) is 25.3 Å². The van der Waals surface area contributed by atoms with Gasteiger partial charge in [0, 0.05) is 13.1 Å². The minimum absolute atomic E-state index is 0.0159. The molecular weight excluding hydrogens is 396 g/mol. The van der Waals surface area contributed by atoms with Crippen LogP contribution in [0.5, 0.6) is 5.75 Å². The minimum atomic E-state index is -0.296. The van der Waals surface area contributed by atoms with Gasteiger partial charge in [-0.25, -0.2) is 10.1 Å². The van der Waals surface area contributed by atoms with Gasteiger partial charge in [-0.2, -0.15) is 5.10 Å². The van der Waals surface area contributed by atoms with E-state index in [1.807, 2.05) is 41.3 Å². The summed E-state index contributed by atoms with van der Waals surface area (Å²) in [6, 6.07) is 14.7. The van der Waals surface area contributed by atoms with Crippen LogP contribution in [-0.2, 0) is 16.1 Å². The van der Waals surface area contributed by atoms with Gasteiger partial charge in [-0.05, 0) is 61.7 Å². The molecule has 31 heavy (non-hydrogen) atoms. The van der Waals surface area contributed by atoms with Crippen LogP contribution < -0.4 is 10.2 Å². The fourth-order valence-corrected chi connectivity index (χ4v) is 3.41. The number of aromatic nitrogens is 3. The summed E-state index contributed by atoms with van der Waals surface area (Å²) in [5.41, 5.74) is 5.56. The molecule has 0 saturated carbocycles. The van der Waals surface area contributed by atoms with E-state index < -0.39 is 0 Å². The number of fused-ring (bicyclic) bond motifs is 1. The van der Waals surface area contributed by atoms with Gasteiger partial charge in [-0.1, -0.05) is 17.3 Å². The van der Waals surface area contributed by atoms with E-state index in [4.69, 9.17) is 4.74 Å². The quantitative estimate of drug-likeness (QED) is 0.465. The fourth-order valence-electron chi connectivity index (χ4n) is 3.41. The second-order valence-electron chi connectivity index (χ2n) is 7.37. The SMILES string of the molecule is C/C(=N/NC(=O)Cn1nnc2ccccc21)c1ccc(OCC(=O)N2CCCC2)cc1. The van der Waals surface area contributed by atoms with E-state index in [1.165, 1.54) is 4.68 Å². The molecule has 9 nitrogen and oxygen atoms in total. The van der Waals surface area contributed by atoms with Gasteiger partial charge in [0.2, 0.25) is 0 Å². The Morgan fingerprint density at radius 3 is 2.61 bits per heavy atom. The summed E-state index contributed by atoms with van der Waals surface area (Å²) >= 11 is 0. The number of para-hydroxylation sites is 1. The number of nitrogens with one attached hydrogen (secondary N) is 1. The third-order valence-electron chi connectivity index (χ3n) is 5.16. The van der Waals surface area contributed by atoms with Crippen LogP contribution in [0.15, 0.2) is 53.6 Å². The second kappa shape index (κ2) is 9.38. The molecule has 0 atom stereocenters. The molecule has 1 aliphatic rings. The first kappa shape index (κ1) is 20.5. The summed E-state index contributed by atoms with van der Waals surface area (Å²) in [6.45, 7) is 3.50. The van der Waals surface area contributed by atoms with Crippen LogP contribution in [0, 0.1) is 0 Å². The van der Waals surface area contributed by atoms with E-state index in [9.17, 15) is 9.59 Å². The molecule has 1 N–H and O–H groups in total. The highest BCUT2D eigenvalue weighted by molar-refractivity contribution is 5.99. The van der Waals surface area contributed by atoms with Gasteiger partial charge < -0.3 is 9.64 Å². The number of nitrogens with zero attached hydrogens (tertiary/aromatic N) is 5. The summed E-state index contributed by atoms with van der Waals surface area (Å²) < 4.78 is 7.12. The van der Waals surface area contributed by atoms with Crippen molar-refractivity contribution in [3.05, 3.63) is 54.1 Å². The summed E-state index contributed by atoms with van der Waals surface area (Å²) in [5.74, 6) is 0.337. The Hall–Kier alpha value is -3.75. The Morgan fingerprint density at radius 2 is 1.84 bits per heavy atom. The van der Waals surface area contributed by atoms with Gasteiger partial charge >= 0.3 is 0 Å². The van der Waals surface area contributed by atoms with Crippen LogP contribution in [0.2, 0.25) is 0 Å². The smallest absolute Gasteiger partial charge is 0.261 e. The zero-order valence-electron chi connectivity index (χ0n) is 17.3. The molecule has 2 amide bonds. The largest absolute Gasteiger partial charge is 0.484 e. The third kappa shape index (κ3) is 5.06. The van der Waals surface area contributed by atoms with Crippen molar-refractivity contribution in [3.63, 3.8) is 0 Å². The first-order valence-electron chi connectivity index (χ1n) is 10.2. The average Bonchev–Trinajstić information content (AvgIpc) is 3.47. The van der Waals surface area contributed by atoms with Crippen molar-refractivity contribution in [1.82, 2.24) is 25.3 Å². The number of rotatable bonds is 7. The van der Waals surface area contributed by atoms with Crippen molar-refractivity contribution in [1.29, 1.82) is 0 Å². The molecule has 3 aromatic rings. The van der Waals surface area contributed by atoms with E-state index in [1.54, 1.807) is 19.1 Å². The first-order valence-corrected chi connectivity index (χ1v) is 10.2. The molecule has 1 fully saturated rings. The molecule has 160 valence electrons. The van der Waals surface area contributed by atoms with E-state index >= 15 is 0 Å². The lowest BCUT2D eigenvalue weighted by atomic mass is 10.1. The van der Waals surface area contributed by atoms with Crippen LogP contribution in [-0.4, -0.2) is 57.1 Å². The van der Waals surface area contributed by atoms with Gasteiger partial charge in [0.15, 0.2) is 6.61 Å². The zero-order valence-corrected chi connectivity index (χ0v) is 17.3. The molecule has 2 heterocycles. The van der Waals surface area contributed by atoms with Crippen molar-refractivity contribution in [3.8, 4) is 5.75 Å².